The van der Waals surface area contributed by atoms with Gasteiger partial charge in [-0.15, -0.1) is 11.3 Å². The molecule has 0 unspecified atom stereocenters. The van der Waals surface area contributed by atoms with E-state index in [4.69, 9.17) is 5.73 Å². The van der Waals surface area contributed by atoms with Crippen LogP contribution < -0.4 is 16.4 Å². The molecule has 1 aromatic heterocycles. The number of aromatic nitrogens is 1. The van der Waals surface area contributed by atoms with Gasteiger partial charge in [0.2, 0.25) is 0 Å². The molecule has 0 aliphatic heterocycles. The molecule has 0 radical (unpaired) electrons. The van der Waals surface area contributed by atoms with Gasteiger partial charge < -0.3 is 16.4 Å². The van der Waals surface area contributed by atoms with E-state index in [-0.39, 0.29) is 6.03 Å². The molecule has 1 aromatic carbocycles. The summed E-state index contributed by atoms with van der Waals surface area (Å²) in [6.45, 7) is 2.35. The number of carbonyl (C=O) groups excluding carboxylic acids is 1. The monoisotopic (exact) mass is 262 g/mol. The van der Waals surface area contributed by atoms with Crippen molar-refractivity contribution in [3.63, 3.8) is 0 Å². The number of hydrogen-bond acceptors (Lipinski definition) is 4. The van der Waals surface area contributed by atoms with E-state index in [2.05, 4.69) is 15.6 Å². The van der Waals surface area contributed by atoms with Crippen molar-refractivity contribution in [3.05, 3.63) is 40.3 Å². The first-order valence-electron chi connectivity index (χ1n) is 5.45. The number of carbonyl (C=O) groups is 1. The number of anilines is 2. The third-order valence-electron chi connectivity index (χ3n) is 2.24. The van der Waals surface area contributed by atoms with Gasteiger partial charge in [0.05, 0.1) is 6.54 Å². The third kappa shape index (κ3) is 3.46. The molecule has 0 saturated heterocycles. The first-order valence-corrected chi connectivity index (χ1v) is 6.33. The van der Waals surface area contributed by atoms with Crippen LogP contribution in [0.4, 0.5) is 16.2 Å². The molecule has 6 heteroatoms. The minimum atomic E-state index is -0.257. The zero-order valence-electron chi connectivity index (χ0n) is 9.93. The van der Waals surface area contributed by atoms with E-state index < -0.39 is 0 Å². The molecule has 2 amide bonds. The number of benzene rings is 1. The van der Waals surface area contributed by atoms with Crippen LogP contribution in [0.5, 0.6) is 0 Å². The Kier molecular flexibility index (Phi) is 3.78. The molecule has 4 N–H and O–H groups in total. The Hall–Kier alpha value is -2.08. The summed E-state index contributed by atoms with van der Waals surface area (Å²) in [5.41, 5.74) is 7.90. The Morgan fingerprint density at radius 3 is 2.72 bits per heavy atom. The molecule has 0 fully saturated rings. The van der Waals surface area contributed by atoms with E-state index in [1.807, 2.05) is 12.3 Å². The molecule has 0 saturated carbocycles. The number of rotatable bonds is 3. The predicted octanol–water partition coefficient (Wildman–Crippen LogP) is 2.36. The molecule has 94 valence electrons. The van der Waals surface area contributed by atoms with Gasteiger partial charge in [-0.05, 0) is 31.2 Å². The fourth-order valence-corrected chi connectivity index (χ4v) is 2.09. The average Bonchev–Trinajstić information content (AvgIpc) is 2.76. The lowest BCUT2D eigenvalue weighted by atomic mass is 10.3. The van der Waals surface area contributed by atoms with E-state index in [9.17, 15) is 4.79 Å². The quantitative estimate of drug-likeness (QED) is 0.743. The van der Waals surface area contributed by atoms with Gasteiger partial charge in [-0.25, -0.2) is 9.78 Å². The number of nitrogens with zero attached hydrogens (tertiary/aromatic N) is 1. The molecule has 0 spiro atoms. The molecule has 0 aliphatic rings. The Balaban J connectivity index is 1.83. The molecular weight excluding hydrogens is 248 g/mol. The van der Waals surface area contributed by atoms with Crippen molar-refractivity contribution < 1.29 is 4.79 Å². The lowest BCUT2D eigenvalue weighted by Crippen LogP contribution is -2.28. The maximum atomic E-state index is 11.6. The smallest absolute Gasteiger partial charge is 0.319 e. The summed E-state index contributed by atoms with van der Waals surface area (Å²) >= 11 is 1.53. The summed E-state index contributed by atoms with van der Waals surface area (Å²) in [5, 5.41) is 8.30. The highest BCUT2D eigenvalue weighted by atomic mass is 32.1. The van der Waals surface area contributed by atoms with Gasteiger partial charge >= 0.3 is 6.03 Å². The first kappa shape index (κ1) is 12.4. The Labute approximate surface area is 109 Å². The Morgan fingerprint density at radius 2 is 2.11 bits per heavy atom. The van der Waals surface area contributed by atoms with Gasteiger partial charge in [0.1, 0.15) is 5.01 Å². The second-order valence-corrected chi connectivity index (χ2v) is 4.75. The van der Waals surface area contributed by atoms with E-state index in [1.165, 1.54) is 11.3 Å². The van der Waals surface area contributed by atoms with Crippen LogP contribution in [0.3, 0.4) is 0 Å². The van der Waals surface area contributed by atoms with Crippen molar-refractivity contribution in [1.29, 1.82) is 0 Å². The predicted molar refractivity (Wildman–Crippen MR) is 73.6 cm³/mol. The summed E-state index contributed by atoms with van der Waals surface area (Å²) in [5.74, 6) is 0. The second-order valence-electron chi connectivity index (χ2n) is 3.81. The molecule has 0 aliphatic carbocycles. The normalized spacial score (nSPS) is 10.1. The molecule has 18 heavy (non-hydrogen) atoms. The Bertz CT molecular complexity index is 535. The zero-order chi connectivity index (χ0) is 13.0. The van der Waals surface area contributed by atoms with Gasteiger partial charge in [-0.2, -0.15) is 0 Å². The SMILES string of the molecule is Cc1csc(CNC(=O)Nc2ccc(N)cc2)n1. The van der Waals surface area contributed by atoms with Gasteiger partial charge in [0.15, 0.2) is 0 Å². The highest BCUT2D eigenvalue weighted by Gasteiger charge is 2.03. The third-order valence-corrected chi connectivity index (χ3v) is 3.20. The van der Waals surface area contributed by atoms with Crippen LogP contribution in [-0.2, 0) is 6.54 Å². The van der Waals surface area contributed by atoms with Crippen LogP contribution in [0.2, 0.25) is 0 Å². The largest absolute Gasteiger partial charge is 0.399 e. The number of amides is 2. The van der Waals surface area contributed by atoms with Gasteiger partial charge in [-0.3, -0.25) is 0 Å². The van der Waals surface area contributed by atoms with Crippen LogP contribution in [0, 0.1) is 6.92 Å². The number of aryl methyl sites for hydroxylation is 1. The van der Waals surface area contributed by atoms with Crippen molar-refractivity contribution in [3.8, 4) is 0 Å². The molecule has 0 atom stereocenters. The van der Waals surface area contributed by atoms with E-state index in [0.29, 0.717) is 17.9 Å². The van der Waals surface area contributed by atoms with E-state index >= 15 is 0 Å². The fourth-order valence-electron chi connectivity index (χ4n) is 1.38. The van der Waals surface area contributed by atoms with Crippen molar-refractivity contribution in [2.45, 2.75) is 13.5 Å². The van der Waals surface area contributed by atoms with Crippen LogP contribution >= 0.6 is 11.3 Å². The van der Waals surface area contributed by atoms with Crippen LogP contribution in [0.1, 0.15) is 10.7 Å². The van der Waals surface area contributed by atoms with Crippen LogP contribution in [0.25, 0.3) is 0 Å². The van der Waals surface area contributed by atoms with Crippen molar-refractivity contribution in [2.75, 3.05) is 11.1 Å². The van der Waals surface area contributed by atoms with Gasteiger partial charge in [-0.1, -0.05) is 0 Å². The van der Waals surface area contributed by atoms with Gasteiger partial charge in [0, 0.05) is 22.4 Å². The number of nitrogens with two attached hydrogens (primary N) is 1. The van der Waals surface area contributed by atoms with Crippen LogP contribution in [0.15, 0.2) is 29.6 Å². The number of nitrogens with one attached hydrogen (secondary N) is 2. The molecule has 1 heterocycles. The average molecular weight is 262 g/mol. The first-order chi connectivity index (χ1) is 8.63. The fraction of sp³-hybridized carbons (Fsp3) is 0.167. The minimum absolute atomic E-state index is 0.257. The summed E-state index contributed by atoms with van der Waals surface area (Å²) in [6.07, 6.45) is 0. The summed E-state index contributed by atoms with van der Waals surface area (Å²) < 4.78 is 0. The van der Waals surface area contributed by atoms with Crippen molar-refractivity contribution in [1.82, 2.24) is 10.3 Å². The lowest BCUT2D eigenvalue weighted by molar-refractivity contribution is 0.251. The molecule has 5 nitrogen and oxygen atoms in total. The zero-order valence-corrected chi connectivity index (χ0v) is 10.8. The summed E-state index contributed by atoms with van der Waals surface area (Å²) in [7, 11) is 0. The highest BCUT2D eigenvalue weighted by molar-refractivity contribution is 7.09. The number of urea groups is 1. The maximum absolute atomic E-state index is 11.6. The second kappa shape index (κ2) is 5.50. The molecule has 2 rings (SSSR count). The van der Waals surface area contributed by atoms with E-state index in [0.717, 1.165) is 10.7 Å². The van der Waals surface area contributed by atoms with Gasteiger partial charge in [0.25, 0.3) is 0 Å². The molecule has 0 bridgehead atoms. The standard InChI is InChI=1S/C12H14N4OS/c1-8-7-18-11(15-8)6-14-12(17)16-10-4-2-9(13)3-5-10/h2-5,7H,6,13H2,1H3,(H2,14,16,17). The topological polar surface area (TPSA) is 80.0 Å². The molecular formula is C12H14N4OS. The highest BCUT2D eigenvalue weighted by Crippen LogP contribution is 2.11. The van der Waals surface area contributed by atoms with Crippen molar-refractivity contribution >= 4 is 28.7 Å². The van der Waals surface area contributed by atoms with Crippen molar-refractivity contribution in [2.24, 2.45) is 0 Å². The minimum Gasteiger partial charge on any atom is -0.399 e. The summed E-state index contributed by atoms with van der Waals surface area (Å²) in [4.78, 5) is 15.9. The van der Waals surface area contributed by atoms with E-state index in [1.54, 1.807) is 24.3 Å². The molecule has 2 aromatic rings. The lowest BCUT2D eigenvalue weighted by Gasteiger charge is -2.06. The summed E-state index contributed by atoms with van der Waals surface area (Å²) in [6, 6.07) is 6.72. The van der Waals surface area contributed by atoms with Crippen LogP contribution in [-0.4, -0.2) is 11.0 Å². The maximum Gasteiger partial charge on any atom is 0.319 e. The Morgan fingerprint density at radius 1 is 1.39 bits per heavy atom. The number of nitrogen functional groups attached to an aromatic ring is 1. The number of hydrogen-bond donors (Lipinski definition) is 3. The number of thiazole rings is 1.